The molecule has 1 aliphatic rings. The molecule has 0 bridgehead atoms. The highest BCUT2D eigenvalue weighted by molar-refractivity contribution is 7.09. The van der Waals surface area contributed by atoms with E-state index in [1.165, 1.54) is 29.9 Å². The van der Waals surface area contributed by atoms with Crippen LogP contribution in [-0.4, -0.2) is 26.9 Å². The summed E-state index contributed by atoms with van der Waals surface area (Å²) in [5.41, 5.74) is 1.82. The minimum Gasteiger partial charge on any atom is -0.353 e. The highest BCUT2D eigenvalue weighted by atomic mass is 32.1. The van der Waals surface area contributed by atoms with Crippen LogP contribution in [0.1, 0.15) is 52.9 Å². The van der Waals surface area contributed by atoms with Crippen LogP contribution in [0.25, 0.3) is 0 Å². The second kappa shape index (κ2) is 6.02. The second-order valence-corrected chi connectivity index (χ2v) is 6.72. The van der Waals surface area contributed by atoms with Crippen LogP contribution >= 0.6 is 11.3 Å². The van der Waals surface area contributed by atoms with Gasteiger partial charge in [0.2, 0.25) is 0 Å². The number of aromatic nitrogens is 2. The van der Waals surface area contributed by atoms with Gasteiger partial charge in [0.1, 0.15) is 5.69 Å². The SMILES string of the molecule is Cc1nc(C(=O)N2CCCCCC2c2cccn2C)cs1. The van der Waals surface area contributed by atoms with E-state index in [0.29, 0.717) is 5.69 Å². The lowest BCUT2D eigenvalue weighted by molar-refractivity contribution is 0.0669. The lowest BCUT2D eigenvalue weighted by Crippen LogP contribution is -2.35. The minimum atomic E-state index is 0.0763. The van der Waals surface area contributed by atoms with E-state index in [4.69, 9.17) is 0 Å². The van der Waals surface area contributed by atoms with Gasteiger partial charge in [0.05, 0.1) is 11.0 Å². The molecule has 1 aliphatic heterocycles. The lowest BCUT2D eigenvalue weighted by atomic mass is 10.1. The van der Waals surface area contributed by atoms with Crippen molar-refractivity contribution in [2.45, 2.75) is 38.6 Å². The van der Waals surface area contributed by atoms with Crippen LogP contribution in [0.4, 0.5) is 0 Å². The summed E-state index contributed by atoms with van der Waals surface area (Å²) in [4.78, 5) is 19.2. The van der Waals surface area contributed by atoms with Crippen LogP contribution in [0.15, 0.2) is 23.7 Å². The van der Waals surface area contributed by atoms with Gasteiger partial charge in [-0.05, 0) is 31.9 Å². The third kappa shape index (κ3) is 2.88. The molecule has 2 aromatic heterocycles. The number of nitrogens with zero attached hydrogens (tertiary/aromatic N) is 3. The Labute approximate surface area is 129 Å². The second-order valence-electron chi connectivity index (χ2n) is 5.66. The summed E-state index contributed by atoms with van der Waals surface area (Å²) in [5.74, 6) is 0.0763. The van der Waals surface area contributed by atoms with Gasteiger partial charge in [-0.3, -0.25) is 4.79 Å². The summed E-state index contributed by atoms with van der Waals surface area (Å²) in [7, 11) is 2.05. The molecule has 0 saturated carbocycles. The van der Waals surface area contributed by atoms with E-state index in [2.05, 4.69) is 34.9 Å². The standard InChI is InChI=1S/C16H21N3OS/c1-12-17-13(11-21-12)16(20)19-10-5-3-4-7-15(19)14-8-6-9-18(14)2/h6,8-9,11,15H,3-5,7,10H2,1-2H3. The topological polar surface area (TPSA) is 38.1 Å². The van der Waals surface area contributed by atoms with Crippen molar-refractivity contribution in [3.05, 3.63) is 40.1 Å². The molecule has 3 heterocycles. The van der Waals surface area contributed by atoms with E-state index in [-0.39, 0.29) is 11.9 Å². The van der Waals surface area contributed by atoms with Gasteiger partial charge >= 0.3 is 0 Å². The first-order valence-electron chi connectivity index (χ1n) is 7.51. The predicted molar refractivity (Wildman–Crippen MR) is 84.5 cm³/mol. The first kappa shape index (κ1) is 14.3. The molecule has 5 heteroatoms. The van der Waals surface area contributed by atoms with E-state index in [0.717, 1.165) is 24.4 Å². The number of thiazole rings is 1. The fraction of sp³-hybridized carbons (Fsp3) is 0.500. The van der Waals surface area contributed by atoms with Crippen LogP contribution in [-0.2, 0) is 7.05 Å². The Kier molecular flexibility index (Phi) is 4.10. The van der Waals surface area contributed by atoms with Gasteiger partial charge in [0, 0.05) is 30.9 Å². The zero-order valence-corrected chi connectivity index (χ0v) is 13.4. The summed E-state index contributed by atoms with van der Waals surface area (Å²) in [5, 5.41) is 2.83. The molecule has 4 nitrogen and oxygen atoms in total. The van der Waals surface area contributed by atoms with Crippen molar-refractivity contribution in [2.24, 2.45) is 7.05 Å². The van der Waals surface area contributed by atoms with Crippen molar-refractivity contribution in [1.29, 1.82) is 0 Å². The molecule has 0 aliphatic carbocycles. The van der Waals surface area contributed by atoms with Crippen molar-refractivity contribution in [3.63, 3.8) is 0 Å². The van der Waals surface area contributed by atoms with Gasteiger partial charge in [-0.1, -0.05) is 12.8 Å². The number of carbonyl (C=O) groups excluding carboxylic acids is 1. The van der Waals surface area contributed by atoms with E-state index >= 15 is 0 Å². The molecule has 0 aromatic carbocycles. The molecule has 21 heavy (non-hydrogen) atoms. The zero-order chi connectivity index (χ0) is 14.8. The van der Waals surface area contributed by atoms with Gasteiger partial charge in [0.25, 0.3) is 5.91 Å². The molecule has 112 valence electrons. The molecule has 0 spiro atoms. The molecule has 0 N–H and O–H groups in total. The van der Waals surface area contributed by atoms with Gasteiger partial charge in [-0.2, -0.15) is 0 Å². The molecular weight excluding hydrogens is 282 g/mol. The molecule has 1 atom stereocenters. The predicted octanol–water partition coefficient (Wildman–Crippen LogP) is 3.55. The van der Waals surface area contributed by atoms with Crippen LogP contribution in [0.5, 0.6) is 0 Å². The molecule has 1 saturated heterocycles. The summed E-state index contributed by atoms with van der Waals surface area (Å²) in [6.07, 6.45) is 6.54. The van der Waals surface area contributed by atoms with Crippen LogP contribution in [0.3, 0.4) is 0 Å². The Morgan fingerprint density at radius 2 is 2.24 bits per heavy atom. The maximum absolute atomic E-state index is 12.8. The van der Waals surface area contributed by atoms with Crippen LogP contribution < -0.4 is 0 Å². The monoisotopic (exact) mass is 303 g/mol. The third-order valence-electron chi connectivity index (χ3n) is 4.18. The van der Waals surface area contributed by atoms with Gasteiger partial charge < -0.3 is 9.47 Å². The van der Waals surface area contributed by atoms with Crippen molar-refractivity contribution >= 4 is 17.2 Å². The summed E-state index contributed by atoms with van der Waals surface area (Å²) < 4.78 is 2.13. The average Bonchev–Trinajstić information content (AvgIpc) is 3.00. The Morgan fingerprint density at radius 3 is 2.90 bits per heavy atom. The van der Waals surface area contributed by atoms with Gasteiger partial charge in [0.15, 0.2) is 0 Å². The fourth-order valence-corrected chi connectivity index (χ4v) is 3.67. The van der Waals surface area contributed by atoms with Crippen LogP contribution in [0.2, 0.25) is 0 Å². The van der Waals surface area contributed by atoms with E-state index < -0.39 is 0 Å². The number of likely N-dealkylation sites (tertiary alicyclic amines) is 1. The molecule has 1 fully saturated rings. The van der Waals surface area contributed by atoms with Crippen LogP contribution in [0, 0.1) is 6.92 Å². The molecule has 3 rings (SSSR count). The number of hydrogen-bond acceptors (Lipinski definition) is 3. The number of rotatable bonds is 2. The summed E-state index contributed by atoms with van der Waals surface area (Å²) >= 11 is 1.54. The maximum Gasteiger partial charge on any atom is 0.273 e. The largest absolute Gasteiger partial charge is 0.353 e. The van der Waals surface area contributed by atoms with E-state index in [1.807, 2.05) is 17.2 Å². The average molecular weight is 303 g/mol. The number of aryl methyl sites for hydroxylation is 2. The smallest absolute Gasteiger partial charge is 0.273 e. The Bertz CT molecular complexity index is 631. The Hall–Kier alpha value is -1.62. The maximum atomic E-state index is 12.8. The van der Waals surface area contributed by atoms with E-state index in [9.17, 15) is 4.79 Å². The quantitative estimate of drug-likeness (QED) is 0.851. The van der Waals surface area contributed by atoms with Gasteiger partial charge in [-0.15, -0.1) is 11.3 Å². The van der Waals surface area contributed by atoms with Crippen molar-refractivity contribution in [3.8, 4) is 0 Å². The fourth-order valence-electron chi connectivity index (χ4n) is 3.09. The Morgan fingerprint density at radius 1 is 1.38 bits per heavy atom. The molecule has 2 aromatic rings. The first-order chi connectivity index (χ1) is 10.2. The van der Waals surface area contributed by atoms with Crippen molar-refractivity contribution in [2.75, 3.05) is 6.54 Å². The summed E-state index contributed by atoms with van der Waals surface area (Å²) in [6.45, 7) is 2.77. The lowest BCUT2D eigenvalue weighted by Gasteiger charge is -2.30. The minimum absolute atomic E-state index is 0.0763. The Balaban J connectivity index is 1.92. The van der Waals surface area contributed by atoms with Crippen molar-refractivity contribution in [1.82, 2.24) is 14.5 Å². The highest BCUT2D eigenvalue weighted by Crippen LogP contribution is 2.31. The first-order valence-corrected chi connectivity index (χ1v) is 8.39. The molecule has 1 amide bonds. The third-order valence-corrected chi connectivity index (χ3v) is 4.95. The highest BCUT2D eigenvalue weighted by Gasteiger charge is 2.29. The van der Waals surface area contributed by atoms with Crippen molar-refractivity contribution < 1.29 is 4.79 Å². The normalized spacial score (nSPS) is 19.5. The summed E-state index contributed by atoms with van der Waals surface area (Å²) in [6, 6.07) is 4.35. The number of carbonyl (C=O) groups is 1. The molecule has 0 radical (unpaired) electrons. The molecular formula is C16H21N3OS. The van der Waals surface area contributed by atoms with Gasteiger partial charge in [-0.25, -0.2) is 4.98 Å². The van der Waals surface area contributed by atoms with E-state index in [1.54, 1.807) is 0 Å². The number of hydrogen-bond donors (Lipinski definition) is 0. The zero-order valence-electron chi connectivity index (χ0n) is 12.6. The number of amides is 1. The molecule has 1 unspecified atom stereocenters.